The van der Waals surface area contributed by atoms with E-state index in [1.165, 1.54) is 11.1 Å². The van der Waals surface area contributed by atoms with E-state index in [4.69, 9.17) is 5.73 Å². The molecular weight excluding hydrogens is 160 g/mol. The van der Waals surface area contributed by atoms with E-state index >= 15 is 0 Å². The summed E-state index contributed by atoms with van der Waals surface area (Å²) in [7, 11) is 0. The van der Waals surface area contributed by atoms with E-state index in [1.807, 2.05) is 12.4 Å². The molecule has 0 aliphatic rings. The van der Waals surface area contributed by atoms with Gasteiger partial charge < -0.3 is 5.73 Å². The molecule has 1 heterocycles. The summed E-state index contributed by atoms with van der Waals surface area (Å²) in [5.41, 5.74) is 8.36. The first-order valence-electron chi connectivity index (χ1n) is 4.88. The molecule has 0 aliphatic heterocycles. The second-order valence-electron chi connectivity index (χ2n) is 3.58. The number of nitrogens with zero attached hydrogens (tertiary/aromatic N) is 1. The van der Waals surface area contributed by atoms with Gasteiger partial charge in [-0.1, -0.05) is 13.0 Å². The number of rotatable bonds is 4. The number of hydrogen-bond acceptors (Lipinski definition) is 2. The molecule has 0 bridgehead atoms. The Balaban J connectivity index is 2.45. The van der Waals surface area contributed by atoms with Gasteiger partial charge in [0.15, 0.2) is 0 Å². The normalized spacial score (nSPS) is 12.8. The van der Waals surface area contributed by atoms with Gasteiger partial charge in [0.1, 0.15) is 0 Å². The Bertz CT molecular complexity index is 258. The van der Waals surface area contributed by atoms with Crippen molar-refractivity contribution in [2.75, 3.05) is 0 Å². The average Bonchev–Trinajstić information content (AvgIpc) is 2.14. The lowest BCUT2D eigenvalue weighted by Crippen LogP contribution is -2.19. The second-order valence-corrected chi connectivity index (χ2v) is 3.58. The summed E-state index contributed by atoms with van der Waals surface area (Å²) in [6, 6.07) is 2.51. The van der Waals surface area contributed by atoms with Crippen LogP contribution in [0.2, 0.25) is 0 Å². The topological polar surface area (TPSA) is 38.9 Å². The molecule has 0 fully saturated rings. The van der Waals surface area contributed by atoms with Crippen LogP contribution in [-0.4, -0.2) is 11.0 Å². The minimum atomic E-state index is 0.334. The van der Waals surface area contributed by atoms with E-state index < -0.39 is 0 Å². The van der Waals surface area contributed by atoms with Gasteiger partial charge in [-0.2, -0.15) is 0 Å². The molecule has 1 atom stereocenters. The highest BCUT2D eigenvalue weighted by molar-refractivity contribution is 5.16. The maximum Gasteiger partial charge on any atom is 0.0300 e. The van der Waals surface area contributed by atoms with Gasteiger partial charge in [-0.15, -0.1) is 0 Å². The molecule has 1 rings (SSSR count). The van der Waals surface area contributed by atoms with Crippen LogP contribution < -0.4 is 5.73 Å². The fourth-order valence-corrected chi connectivity index (χ4v) is 1.31. The van der Waals surface area contributed by atoms with Crippen LogP contribution in [-0.2, 0) is 6.42 Å². The molecule has 0 saturated heterocycles. The van der Waals surface area contributed by atoms with Crippen LogP contribution in [0.5, 0.6) is 0 Å². The Hall–Kier alpha value is -0.890. The van der Waals surface area contributed by atoms with E-state index in [2.05, 4.69) is 24.9 Å². The minimum absolute atomic E-state index is 0.334. The first-order valence-corrected chi connectivity index (χ1v) is 4.88. The maximum atomic E-state index is 5.84. The molecule has 2 N–H and O–H groups in total. The van der Waals surface area contributed by atoms with E-state index in [9.17, 15) is 0 Å². The zero-order valence-corrected chi connectivity index (χ0v) is 8.46. The monoisotopic (exact) mass is 178 g/mol. The quantitative estimate of drug-likeness (QED) is 0.766. The molecule has 0 aliphatic carbocycles. The number of aryl methyl sites for hydroxylation is 2. The van der Waals surface area contributed by atoms with Crippen molar-refractivity contribution in [2.45, 2.75) is 39.2 Å². The summed E-state index contributed by atoms with van der Waals surface area (Å²) in [6.07, 6.45) is 6.96. The molecule has 0 saturated carbocycles. The zero-order valence-electron chi connectivity index (χ0n) is 8.46. The Morgan fingerprint density at radius 1 is 1.46 bits per heavy atom. The minimum Gasteiger partial charge on any atom is -0.328 e. The molecular formula is C11H18N2. The number of hydrogen-bond donors (Lipinski definition) is 1. The Morgan fingerprint density at radius 3 is 2.85 bits per heavy atom. The molecule has 72 valence electrons. The Kier molecular flexibility index (Phi) is 3.90. The third-order valence-electron chi connectivity index (χ3n) is 2.26. The highest BCUT2D eigenvalue weighted by Gasteiger charge is 2.00. The van der Waals surface area contributed by atoms with E-state index in [0.717, 1.165) is 19.3 Å². The molecule has 1 aromatic heterocycles. The van der Waals surface area contributed by atoms with Crippen LogP contribution in [0, 0.1) is 6.92 Å². The Labute approximate surface area is 80.2 Å². The zero-order chi connectivity index (χ0) is 9.68. The molecule has 2 heteroatoms. The summed E-state index contributed by atoms with van der Waals surface area (Å²) in [5.74, 6) is 0. The van der Waals surface area contributed by atoms with E-state index in [0.29, 0.717) is 6.04 Å². The van der Waals surface area contributed by atoms with Gasteiger partial charge in [0, 0.05) is 18.4 Å². The third kappa shape index (κ3) is 3.55. The maximum absolute atomic E-state index is 5.84. The molecule has 0 aromatic carbocycles. The van der Waals surface area contributed by atoms with Gasteiger partial charge in [-0.25, -0.2) is 0 Å². The van der Waals surface area contributed by atoms with Crippen molar-refractivity contribution in [3.05, 3.63) is 29.6 Å². The van der Waals surface area contributed by atoms with Crippen molar-refractivity contribution in [2.24, 2.45) is 5.73 Å². The van der Waals surface area contributed by atoms with Gasteiger partial charge in [0.25, 0.3) is 0 Å². The predicted octanol–water partition coefficient (Wildman–Crippen LogP) is 2.06. The SMILES string of the molecule is CC[C@@H](N)CCc1cncc(C)c1. The lowest BCUT2D eigenvalue weighted by Gasteiger charge is -2.07. The van der Waals surface area contributed by atoms with Gasteiger partial charge in [-0.05, 0) is 37.3 Å². The fourth-order valence-electron chi connectivity index (χ4n) is 1.31. The molecule has 0 radical (unpaired) electrons. The van der Waals surface area contributed by atoms with Crippen molar-refractivity contribution < 1.29 is 0 Å². The van der Waals surface area contributed by atoms with E-state index in [1.54, 1.807) is 0 Å². The van der Waals surface area contributed by atoms with Gasteiger partial charge in [0.2, 0.25) is 0 Å². The number of nitrogens with two attached hydrogens (primary N) is 1. The van der Waals surface area contributed by atoms with E-state index in [-0.39, 0.29) is 0 Å². The molecule has 1 aromatic rings. The van der Waals surface area contributed by atoms with Crippen molar-refractivity contribution >= 4 is 0 Å². The summed E-state index contributed by atoms with van der Waals surface area (Å²) < 4.78 is 0. The van der Waals surface area contributed by atoms with Crippen LogP contribution in [0.15, 0.2) is 18.5 Å². The smallest absolute Gasteiger partial charge is 0.0300 e. The van der Waals surface area contributed by atoms with Gasteiger partial charge in [-0.3, -0.25) is 4.98 Å². The summed E-state index contributed by atoms with van der Waals surface area (Å²) >= 11 is 0. The lowest BCUT2D eigenvalue weighted by molar-refractivity contribution is 0.595. The average molecular weight is 178 g/mol. The molecule has 0 spiro atoms. The molecule has 13 heavy (non-hydrogen) atoms. The van der Waals surface area contributed by atoms with Crippen LogP contribution in [0.4, 0.5) is 0 Å². The first-order chi connectivity index (χ1) is 6.22. The highest BCUT2D eigenvalue weighted by atomic mass is 14.6. The van der Waals surface area contributed by atoms with Gasteiger partial charge in [0.05, 0.1) is 0 Å². The van der Waals surface area contributed by atoms with Gasteiger partial charge >= 0.3 is 0 Å². The Morgan fingerprint density at radius 2 is 2.23 bits per heavy atom. The van der Waals surface area contributed by atoms with Crippen molar-refractivity contribution in [1.29, 1.82) is 0 Å². The highest BCUT2D eigenvalue weighted by Crippen LogP contribution is 2.06. The molecule has 0 unspecified atom stereocenters. The molecule has 2 nitrogen and oxygen atoms in total. The predicted molar refractivity (Wildman–Crippen MR) is 55.6 cm³/mol. The van der Waals surface area contributed by atoms with Crippen molar-refractivity contribution in [3.63, 3.8) is 0 Å². The van der Waals surface area contributed by atoms with Crippen LogP contribution in [0.1, 0.15) is 30.9 Å². The van der Waals surface area contributed by atoms with Crippen LogP contribution in [0.25, 0.3) is 0 Å². The second kappa shape index (κ2) is 4.97. The van der Waals surface area contributed by atoms with Crippen LogP contribution >= 0.6 is 0 Å². The van der Waals surface area contributed by atoms with Crippen LogP contribution in [0.3, 0.4) is 0 Å². The standard InChI is InChI=1S/C11H18N2/c1-3-11(12)5-4-10-6-9(2)7-13-8-10/h6-8,11H,3-5,12H2,1-2H3/t11-/m1/s1. The number of pyridine rings is 1. The fraction of sp³-hybridized carbons (Fsp3) is 0.545. The summed E-state index contributed by atoms with van der Waals surface area (Å²) in [4.78, 5) is 4.15. The third-order valence-corrected chi connectivity index (χ3v) is 2.26. The lowest BCUT2D eigenvalue weighted by atomic mass is 10.0. The summed E-state index contributed by atoms with van der Waals surface area (Å²) in [6.45, 7) is 4.19. The number of aromatic nitrogens is 1. The molecule has 0 amide bonds. The van der Waals surface area contributed by atoms with Crippen molar-refractivity contribution in [3.8, 4) is 0 Å². The summed E-state index contributed by atoms with van der Waals surface area (Å²) in [5, 5.41) is 0. The van der Waals surface area contributed by atoms with Crippen molar-refractivity contribution in [1.82, 2.24) is 4.98 Å². The first kappa shape index (κ1) is 10.2. The largest absolute Gasteiger partial charge is 0.328 e.